The number of amides is 1. The molecule has 2 saturated heterocycles. The van der Waals surface area contributed by atoms with E-state index in [-0.39, 0.29) is 24.8 Å². The summed E-state index contributed by atoms with van der Waals surface area (Å²) in [6.07, 6.45) is 3.01. The monoisotopic (exact) mass is 354 g/mol. The zero-order valence-corrected chi connectivity index (χ0v) is 15.6. The van der Waals surface area contributed by atoms with Crippen molar-refractivity contribution in [3.63, 3.8) is 0 Å². The van der Waals surface area contributed by atoms with E-state index < -0.39 is 0 Å². The largest absolute Gasteiger partial charge is 0.341 e. The number of hydrogen-bond donors (Lipinski definition) is 1. The first kappa shape index (κ1) is 21.9. The first-order valence-corrected chi connectivity index (χ1v) is 8.12. The fourth-order valence-electron chi connectivity index (χ4n) is 3.18. The second-order valence-corrected chi connectivity index (χ2v) is 5.99. The van der Waals surface area contributed by atoms with Crippen molar-refractivity contribution in [2.75, 3.05) is 59.4 Å². The number of hydrogen-bond acceptors (Lipinski definition) is 4. The van der Waals surface area contributed by atoms with Crippen LogP contribution in [0.4, 0.5) is 0 Å². The summed E-state index contributed by atoms with van der Waals surface area (Å²) < 4.78 is 0. The predicted molar refractivity (Wildman–Crippen MR) is 96.3 cm³/mol. The number of piperazine rings is 1. The van der Waals surface area contributed by atoms with Crippen molar-refractivity contribution in [3.05, 3.63) is 0 Å². The third-order valence-corrected chi connectivity index (χ3v) is 4.74. The highest BCUT2D eigenvalue weighted by Crippen LogP contribution is 2.11. The second-order valence-electron chi connectivity index (χ2n) is 5.99. The summed E-state index contributed by atoms with van der Waals surface area (Å²) in [6, 6.07) is 0.487. The van der Waals surface area contributed by atoms with Gasteiger partial charge in [0.25, 0.3) is 0 Å². The van der Waals surface area contributed by atoms with E-state index in [0.717, 1.165) is 58.8 Å². The molecule has 2 aliphatic rings. The molecule has 5 nitrogen and oxygen atoms in total. The van der Waals surface area contributed by atoms with Crippen LogP contribution in [0.15, 0.2) is 0 Å². The Morgan fingerprint density at radius 3 is 2.32 bits per heavy atom. The number of halogens is 2. The van der Waals surface area contributed by atoms with Crippen LogP contribution in [0.25, 0.3) is 0 Å². The molecule has 0 spiro atoms. The van der Waals surface area contributed by atoms with Crippen molar-refractivity contribution in [3.8, 4) is 0 Å². The first-order valence-electron chi connectivity index (χ1n) is 8.12. The maximum Gasteiger partial charge on any atom is 0.223 e. The summed E-state index contributed by atoms with van der Waals surface area (Å²) >= 11 is 0. The molecule has 22 heavy (non-hydrogen) atoms. The van der Waals surface area contributed by atoms with Gasteiger partial charge in [0.1, 0.15) is 0 Å². The van der Waals surface area contributed by atoms with E-state index in [0.29, 0.717) is 18.4 Å². The number of piperidine rings is 1. The molecule has 0 saturated carbocycles. The molecule has 0 bridgehead atoms. The Morgan fingerprint density at radius 2 is 1.73 bits per heavy atom. The maximum atomic E-state index is 12.3. The summed E-state index contributed by atoms with van der Waals surface area (Å²) in [4.78, 5) is 19.2. The van der Waals surface area contributed by atoms with Crippen LogP contribution in [-0.4, -0.2) is 86.1 Å². The number of likely N-dealkylation sites (N-methyl/N-ethyl adjacent to an activating group) is 2. The molecule has 2 rings (SSSR count). The Bertz CT molecular complexity index is 312. The van der Waals surface area contributed by atoms with Crippen molar-refractivity contribution >= 4 is 30.7 Å². The molecule has 7 heteroatoms. The summed E-state index contributed by atoms with van der Waals surface area (Å²) in [5.41, 5.74) is 0. The van der Waals surface area contributed by atoms with Crippen LogP contribution in [0.2, 0.25) is 0 Å². The minimum absolute atomic E-state index is 0. The van der Waals surface area contributed by atoms with Crippen molar-refractivity contribution in [1.29, 1.82) is 0 Å². The Labute approximate surface area is 147 Å². The highest BCUT2D eigenvalue weighted by atomic mass is 35.5. The van der Waals surface area contributed by atoms with Crippen molar-refractivity contribution in [2.45, 2.75) is 32.2 Å². The molecule has 2 aliphatic heterocycles. The third kappa shape index (κ3) is 6.59. The fraction of sp³-hybridized carbons (Fsp3) is 0.933. The van der Waals surface area contributed by atoms with Gasteiger partial charge in [0, 0.05) is 58.3 Å². The van der Waals surface area contributed by atoms with E-state index >= 15 is 0 Å². The summed E-state index contributed by atoms with van der Waals surface area (Å²) in [6.45, 7) is 10.6. The van der Waals surface area contributed by atoms with Gasteiger partial charge in [-0.1, -0.05) is 6.92 Å². The zero-order chi connectivity index (χ0) is 14.4. The van der Waals surface area contributed by atoms with Crippen LogP contribution in [0.5, 0.6) is 0 Å². The highest BCUT2D eigenvalue weighted by molar-refractivity contribution is 5.85. The maximum absolute atomic E-state index is 12.3. The standard InChI is InChI=1S/C15H30N4O.2ClH/c1-3-17-9-11-18(12-10-17)8-6-15(20)19-7-4-5-14(13-19)16-2;;/h14,16H,3-13H2,1-2H3;2*1H. The molecule has 1 atom stereocenters. The Kier molecular flexibility index (Phi) is 11.4. The highest BCUT2D eigenvalue weighted by Gasteiger charge is 2.23. The molecule has 1 amide bonds. The topological polar surface area (TPSA) is 38.8 Å². The second kappa shape index (κ2) is 11.5. The van der Waals surface area contributed by atoms with E-state index in [1.165, 1.54) is 6.42 Å². The van der Waals surface area contributed by atoms with Crippen LogP contribution >= 0.6 is 24.8 Å². The quantitative estimate of drug-likeness (QED) is 0.801. The average molecular weight is 355 g/mol. The molecule has 2 heterocycles. The smallest absolute Gasteiger partial charge is 0.223 e. The van der Waals surface area contributed by atoms with Crippen LogP contribution in [0.3, 0.4) is 0 Å². The lowest BCUT2D eigenvalue weighted by atomic mass is 10.1. The van der Waals surface area contributed by atoms with E-state index in [1.54, 1.807) is 0 Å². The Balaban J connectivity index is 0.00000220. The fourth-order valence-corrected chi connectivity index (χ4v) is 3.18. The van der Waals surface area contributed by atoms with Gasteiger partial charge in [0.05, 0.1) is 0 Å². The molecule has 0 aromatic carbocycles. The molecular weight excluding hydrogens is 323 g/mol. The number of carbonyl (C=O) groups excluding carboxylic acids is 1. The van der Waals surface area contributed by atoms with E-state index in [9.17, 15) is 4.79 Å². The Hall–Kier alpha value is -0.0700. The van der Waals surface area contributed by atoms with Gasteiger partial charge in [-0.3, -0.25) is 4.79 Å². The van der Waals surface area contributed by atoms with Gasteiger partial charge in [-0.2, -0.15) is 0 Å². The van der Waals surface area contributed by atoms with Crippen LogP contribution in [0.1, 0.15) is 26.2 Å². The van der Waals surface area contributed by atoms with Gasteiger partial charge in [-0.15, -0.1) is 24.8 Å². The molecule has 1 unspecified atom stereocenters. The van der Waals surface area contributed by atoms with Gasteiger partial charge in [-0.05, 0) is 26.4 Å². The van der Waals surface area contributed by atoms with Crippen molar-refractivity contribution < 1.29 is 4.79 Å². The summed E-state index contributed by atoms with van der Waals surface area (Å²) in [5.74, 6) is 0.336. The molecule has 2 fully saturated rings. The molecule has 1 N–H and O–H groups in total. The molecular formula is C15H32Cl2N4O. The van der Waals surface area contributed by atoms with Gasteiger partial charge in [0.2, 0.25) is 5.91 Å². The third-order valence-electron chi connectivity index (χ3n) is 4.74. The lowest BCUT2D eigenvalue weighted by molar-refractivity contribution is -0.133. The van der Waals surface area contributed by atoms with Gasteiger partial charge < -0.3 is 20.0 Å². The minimum atomic E-state index is 0. The minimum Gasteiger partial charge on any atom is -0.341 e. The molecule has 0 radical (unpaired) electrons. The number of nitrogens with one attached hydrogen (secondary N) is 1. The SMILES string of the molecule is CCN1CCN(CCC(=O)N2CCCC(NC)C2)CC1.Cl.Cl. The van der Waals surface area contributed by atoms with Crippen LogP contribution in [-0.2, 0) is 4.79 Å². The zero-order valence-electron chi connectivity index (χ0n) is 13.9. The van der Waals surface area contributed by atoms with E-state index in [4.69, 9.17) is 0 Å². The predicted octanol–water partition coefficient (Wildman–Crippen LogP) is 1.07. The van der Waals surface area contributed by atoms with Crippen LogP contribution < -0.4 is 5.32 Å². The van der Waals surface area contributed by atoms with Gasteiger partial charge in [0.15, 0.2) is 0 Å². The normalized spacial score (nSPS) is 23.5. The van der Waals surface area contributed by atoms with Crippen LogP contribution in [0, 0.1) is 0 Å². The average Bonchev–Trinajstić information content (AvgIpc) is 2.53. The molecule has 132 valence electrons. The summed E-state index contributed by atoms with van der Waals surface area (Å²) in [7, 11) is 1.99. The Morgan fingerprint density at radius 1 is 1.09 bits per heavy atom. The number of rotatable bonds is 5. The van der Waals surface area contributed by atoms with Crippen molar-refractivity contribution in [1.82, 2.24) is 20.0 Å². The van der Waals surface area contributed by atoms with E-state index in [2.05, 4.69) is 22.0 Å². The van der Waals surface area contributed by atoms with E-state index in [1.807, 2.05) is 11.9 Å². The molecule has 0 aromatic rings. The summed E-state index contributed by atoms with van der Waals surface area (Å²) in [5, 5.41) is 3.30. The lowest BCUT2D eigenvalue weighted by Gasteiger charge is -2.35. The van der Waals surface area contributed by atoms with Gasteiger partial charge in [-0.25, -0.2) is 0 Å². The number of nitrogens with zero attached hydrogens (tertiary/aromatic N) is 3. The number of likely N-dealkylation sites (tertiary alicyclic amines) is 1. The first-order chi connectivity index (χ1) is 9.72. The molecule has 0 aliphatic carbocycles. The molecule has 0 aromatic heterocycles. The van der Waals surface area contributed by atoms with Crippen molar-refractivity contribution in [2.24, 2.45) is 0 Å². The lowest BCUT2D eigenvalue weighted by Crippen LogP contribution is -2.49. The van der Waals surface area contributed by atoms with Gasteiger partial charge >= 0.3 is 0 Å². The number of carbonyl (C=O) groups is 1.